The first-order chi connectivity index (χ1) is 8.74. The number of nitro groups is 1. The van der Waals surface area contributed by atoms with Crippen molar-refractivity contribution in [2.45, 2.75) is 19.4 Å². The average Bonchev–Trinajstić information content (AvgIpc) is 2.27. The van der Waals surface area contributed by atoms with Crippen molar-refractivity contribution in [3.05, 3.63) is 33.1 Å². The molecule has 1 fully saturated rings. The predicted octanol–water partition coefficient (Wildman–Crippen LogP) is 2.59. The predicted molar refractivity (Wildman–Crippen MR) is 70.1 cm³/mol. The van der Waals surface area contributed by atoms with Gasteiger partial charge in [0.05, 0.1) is 16.0 Å². The Morgan fingerprint density at radius 1 is 1.53 bits per heavy atom. The number of β-amino-alcohol motifs (C(OH)–C–C–N with tert-alkyl or cyclic N) is 1. The molecule has 0 aromatic heterocycles. The van der Waals surface area contributed by atoms with Gasteiger partial charge in [0.15, 0.2) is 0 Å². The van der Waals surface area contributed by atoms with Gasteiger partial charge in [-0.3, -0.25) is 10.1 Å². The Labute approximate surface area is 114 Å². The summed E-state index contributed by atoms with van der Waals surface area (Å²) >= 11 is 5.66. The van der Waals surface area contributed by atoms with E-state index in [9.17, 15) is 19.6 Å². The Hall–Kier alpha value is -1.40. The summed E-state index contributed by atoms with van der Waals surface area (Å²) in [6, 6.07) is 2.04. The number of benzene rings is 1. The number of rotatable bonds is 3. The molecule has 1 saturated heterocycles. The number of hydrogen-bond acceptors (Lipinski definition) is 4. The fourth-order valence-corrected chi connectivity index (χ4v) is 2.23. The second-order valence-electron chi connectivity index (χ2n) is 5.13. The van der Waals surface area contributed by atoms with Gasteiger partial charge < -0.3 is 10.0 Å². The third kappa shape index (κ3) is 2.37. The van der Waals surface area contributed by atoms with E-state index < -0.39 is 16.3 Å². The van der Waals surface area contributed by atoms with Crippen LogP contribution in [0.2, 0.25) is 5.02 Å². The average molecular weight is 289 g/mol. The van der Waals surface area contributed by atoms with Crippen LogP contribution in [0.5, 0.6) is 0 Å². The molecule has 2 rings (SSSR count). The van der Waals surface area contributed by atoms with Crippen LogP contribution >= 0.6 is 11.6 Å². The van der Waals surface area contributed by atoms with Crippen molar-refractivity contribution in [2.24, 2.45) is 5.92 Å². The minimum atomic E-state index is -0.866. The summed E-state index contributed by atoms with van der Waals surface area (Å²) in [7, 11) is 0. The summed E-state index contributed by atoms with van der Waals surface area (Å²) < 4.78 is 13.3. The second kappa shape index (κ2) is 4.61. The SMILES string of the molecule is CC(C)C1(O)CN(c2cc(Cl)c(F)cc2[N+](=O)[O-])C1. The molecule has 7 heteroatoms. The first kappa shape index (κ1) is 14.0. The minimum absolute atomic E-state index is 0.0405. The lowest BCUT2D eigenvalue weighted by Gasteiger charge is -2.50. The highest BCUT2D eigenvalue weighted by molar-refractivity contribution is 6.31. The summed E-state index contributed by atoms with van der Waals surface area (Å²) in [6.07, 6.45) is 0. The highest BCUT2D eigenvalue weighted by atomic mass is 35.5. The Balaban J connectivity index is 2.32. The fraction of sp³-hybridized carbons (Fsp3) is 0.500. The van der Waals surface area contributed by atoms with Gasteiger partial charge in [0.1, 0.15) is 17.1 Å². The van der Waals surface area contributed by atoms with Crippen LogP contribution in [-0.2, 0) is 0 Å². The molecular formula is C12H14ClFN2O3. The van der Waals surface area contributed by atoms with E-state index in [-0.39, 0.29) is 35.4 Å². The topological polar surface area (TPSA) is 66.6 Å². The first-order valence-electron chi connectivity index (χ1n) is 5.85. The number of anilines is 1. The van der Waals surface area contributed by atoms with E-state index in [1.54, 1.807) is 4.90 Å². The van der Waals surface area contributed by atoms with Crippen LogP contribution in [-0.4, -0.2) is 28.7 Å². The van der Waals surface area contributed by atoms with E-state index >= 15 is 0 Å². The quantitative estimate of drug-likeness (QED) is 0.686. The molecule has 1 aliphatic heterocycles. The zero-order valence-electron chi connectivity index (χ0n) is 10.6. The smallest absolute Gasteiger partial charge is 0.295 e. The molecule has 0 saturated carbocycles. The Kier molecular flexibility index (Phi) is 3.40. The van der Waals surface area contributed by atoms with Crippen LogP contribution in [0, 0.1) is 21.8 Å². The number of hydrogen-bond donors (Lipinski definition) is 1. The molecule has 104 valence electrons. The van der Waals surface area contributed by atoms with Crippen molar-refractivity contribution < 1.29 is 14.4 Å². The first-order valence-corrected chi connectivity index (χ1v) is 6.23. The maximum atomic E-state index is 13.3. The van der Waals surface area contributed by atoms with Gasteiger partial charge in [-0.1, -0.05) is 25.4 Å². The van der Waals surface area contributed by atoms with Gasteiger partial charge in [0.25, 0.3) is 5.69 Å². The third-order valence-corrected chi connectivity index (χ3v) is 3.85. The molecule has 0 amide bonds. The van der Waals surface area contributed by atoms with Crippen LogP contribution in [0.25, 0.3) is 0 Å². The van der Waals surface area contributed by atoms with Crippen LogP contribution < -0.4 is 4.90 Å². The lowest BCUT2D eigenvalue weighted by molar-refractivity contribution is -0.384. The van der Waals surface area contributed by atoms with Crippen LogP contribution in [0.4, 0.5) is 15.8 Å². The molecule has 1 N–H and O–H groups in total. The van der Waals surface area contributed by atoms with Crippen molar-refractivity contribution >= 4 is 23.0 Å². The highest BCUT2D eigenvalue weighted by Gasteiger charge is 2.45. The van der Waals surface area contributed by atoms with E-state index in [2.05, 4.69) is 0 Å². The van der Waals surface area contributed by atoms with E-state index in [0.717, 1.165) is 6.07 Å². The summed E-state index contributed by atoms with van der Waals surface area (Å²) in [6.45, 7) is 4.30. The summed E-state index contributed by atoms with van der Waals surface area (Å²) in [5.74, 6) is -0.782. The molecule has 0 unspecified atom stereocenters. The molecule has 19 heavy (non-hydrogen) atoms. The van der Waals surface area contributed by atoms with Gasteiger partial charge in [-0.05, 0) is 12.0 Å². The minimum Gasteiger partial charge on any atom is -0.386 e. The molecule has 0 bridgehead atoms. The van der Waals surface area contributed by atoms with Crippen LogP contribution in [0.1, 0.15) is 13.8 Å². The van der Waals surface area contributed by atoms with Crippen LogP contribution in [0.3, 0.4) is 0 Å². The van der Waals surface area contributed by atoms with E-state index in [0.29, 0.717) is 0 Å². The Morgan fingerprint density at radius 2 is 2.11 bits per heavy atom. The second-order valence-corrected chi connectivity index (χ2v) is 5.53. The van der Waals surface area contributed by atoms with Crippen molar-refractivity contribution in [3.63, 3.8) is 0 Å². The summed E-state index contributed by atoms with van der Waals surface area (Å²) in [5, 5.41) is 20.9. The lowest BCUT2D eigenvalue weighted by atomic mass is 9.82. The molecular weight excluding hydrogens is 275 g/mol. The van der Waals surface area contributed by atoms with Gasteiger partial charge in [-0.2, -0.15) is 0 Å². The van der Waals surface area contributed by atoms with Crippen molar-refractivity contribution in [2.75, 3.05) is 18.0 Å². The van der Waals surface area contributed by atoms with Gasteiger partial charge in [0, 0.05) is 13.1 Å². The van der Waals surface area contributed by atoms with E-state index in [4.69, 9.17) is 11.6 Å². The number of halogens is 2. The number of aliphatic hydroxyl groups is 1. The lowest BCUT2D eigenvalue weighted by Crippen LogP contribution is -2.64. The van der Waals surface area contributed by atoms with Gasteiger partial charge in [-0.15, -0.1) is 0 Å². The Morgan fingerprint density at radius 3 is 2.58 bits per heavy atom. The molecule has 0 atom stereocenters. The Bertz CT molecular complexity index is 530. The number of nitrogens with zero attached hydrogens (tertiary/aromatic N) is 2. The molecule has 1 aliphatic rings. The van der Waals surface area contributed by atoms with E-state index in [1.165, 1.54) is 6.07 Å². The van der Waals surface area contributed by atoms with Crippen LogP contribution in [0.15, 0.2) is 12.1 Å². The highest BCUT2D eigenvalue weighted by Crippen LogP contribution is 2.39. The van der Waals surface area contributed by atoms with E-state index in [1.807, 2.05) is 13.8 Å². The van der Waals surface area contributed by atoms with Gasteiger partial charge in [-0.25, -0.2) is 4.39 Å². The normalized spacial score (nSPS) is 17.5. The third-order valence-electron chi connectivity index (χ3n) is 3.56. The van der Waals surface area contributed by atoms with Crippen molar-refractivity contribution in [1.29, 1.82) is 0 Å². The monoisotopic (exact) mass is 288 g/mol. The van der Waals surface area contributed by atoms with Gasteiger partial charge >= 0.3 is 0 Å². The summed E-state index contributed by atoms with van der Waals surface area (Å²) in [5.41, 5.74) is -0.969. The fourth-order valence-electron chi connectivity index (χ4n) is 2.08. The van der Waals surface area contributed by atoms with Crippen molar-refractivity contribution in [1.82, 2.24) is 0 Å². The zero-order valence-corrected chi connectivity index (χ0v) is 11.3. The number of nitro benzene ring substituents is 1. The zero-order chi connectivity index (χ0) is 14.4. The maximum Gasteiger partial charge on any atom is 0.295 e. The summed E-state index contributed by atoms with van der Waals surface area (Å²) in [4.78, 5) is 11.9. The molecule has 0 aliphatic carbocycles. The largest absolute Gasteiger partial charge is 0.386 e. The molecule has 1 heterocycles. The molecule has 1 aromatic carbocycles. The van der Waals surface area contributed by atoms with Gasteiger partial charge in [0.2, 0.25) is 0 Å². The molecule has 0 spiro atoms. The standard InChI is InChI=1S/C12H14ClFN2O3/c1-7(2)12(17)5-15(6-12)10-3-8(13)9(14)4-11(10)16(18)19/h3-4,7,17H,5-6H2,1-2H3. The van der Waals surface area contributed by atoms with Crippen molar-refractivity contribution in [3.8, 4) is 0 Å². The molecule has 0 radical (unpaired) electrons. The molecule has 5 nitrogen and oxygen atoms in total. The maximum absolute atomic E-state index is 13.3. The molecule has 1 aromatic rings.